The van der Waals surface area contributed by atoms with Crippen molar-refractivity contribution in [2.75, 3.05) is 19.0 Å². The van der Waals surface area contributed by atoms with Crippen molar-refractivity contribution in [2.24, 2.45) is 11.3 Å². The van der Waals surface area contributed by atoms with Crippen LogP contribution in [0.4, 0.5) is 5.69 Å². The molecule has 3 atom stereocenters. The molecule has 0 bridgehead atoms. The van der Waals surface area contributed by atoms with Crippen LogP contribution >= 0.6 is 11.6 Å². The predicted octanol–water partition coefficient (Wildman–Crippen LogP) is 3.35. The van der Waals surface area contributed by atoms with Gasteiger partial charge in [0, 0.05) is 34.7 Å². The summed E-state index contributed by atoms with van der Waals surface area (Å²) in [4.78, 5) is 11.9. The summed E-state index contributed by atoms with van der Waals surface area (Å²) < 4.78 is 10.6. The molecule has 1 aliphatic heterocycles. The van der Waals surface area contributed by atoms with Gasteiger partial charge in [0.05, 0.1) is 18.8 Å². The molecule has 1 saturated heterocycles. The van der Waals surface area contributed by atoms with E-state index in [1.807, 2.05) is 6.07 Å². The molecule has 114 valence electrons. The molecule has 3 rings (SSSR count). The average molecular weight is 310 g/mol. The minimum Gasteiger partial charge on any atom is -0.465 e. The first-order valence-electron chi connectivity index (χ1n) is 7.21. The number of benzene rings is 1. The molecular weight excluding hydrogens is 290 g/mol. The molecule has 1 N–H and O–H groups in total. The number of hydrogen-bond donors (Lipinski definition) is 1. The van der Waals surface area contributed by atoms with Crippen LogP contribution in [0.25, 0.3) is 0 Å². The van der Waals surface area contributed by atoms with Crippen LogP contribution in [0.1, 0.15) is 30.6 Å². The zero-order valence-corrected chi connectivity index (χ0v) is 13.2. The van der Waals surface area contributed by atoms with Gasteiger partial charge in [0.15, 0.2) is 0 Å². The Labute approximate surface area is 129 Å². The molecule has 2 fully saturated rings. The lowest BCUT2D eigenvalue weighted by molar-refractivity contribution is -0.0923. The maximum Gasteiger partial charge on any atom is 0.340 e. The first-order valence-corrected chi connectivity index (χ1v) is 7.59. The number of ether oxygens (including phenoxy) is 2. The van der Waals surface area contributed by atoms with Crippen LogP contribution in [0.3, 0.4) is 0 Å². The fourth-order valence-electron chi connectivity index (χ4n) is 3.71. The number of carbonyl (C=O) groups is 1. The highest BCUT2D eigenvalue weighted by atomic mass is 35.5. The van der Waals surface area contributed by atoms with Crippen LogP contribution in [-0.2, 0) is 9.47 Å². The number of fused-ring (bicyclic) bond motifs is 1. The Kier molecular flexibility index (Phi) is 3.62. The molecule has 1 aromatic carbocycles. The van der Waals surface area contributed by atoms with E-state index < -0.39 is 0 Å². The average Bonchev–Trinajstić information content (AvgIpc) is 2.91. The number of nitrogens with one attached hydrogen (secondary N) is 1. The third kappa shape index (κ3) is 2.30. The van der Waals surface area contributed by atoms with Crippen molar-refractivity contribution in [1.29, 1.82) is 0 Å². The van der Waals surface area contributed by atoms with Gasteiger partial charge in [0.2, 0.25) is 0 Å². The Bertz CT molecular complexity index is 573. The molecule has 1 aliphatic carbocycles. The van der Waals surface area contributed by atoms with E-state index in [9.17, 15) is 4.79 Å². The summed E-state index contributed by atoms with van der Waals surface area (Å²) in [7, 11) is 1.38. The van der Waals surface area contributed by atoms with Gasteiger partial charge >= 0.3 is 5.97 Å². The van der Waals surface area contributed by atoms with E-state index in [1.54, 1.807) is 12.1 Å². The van der Waals surface area contributed by atoms with E-state index in [-0.39, 0.29) is 17.4 Å². The second kappa shape index (κ2) is 5.18. The zero-order valence-electron chi connectivity index (χ0n) is 12.5. The second-order valence-corrected chi connectivity index (χ2v) is 6.81. The normalized spacial score (nSPS) is 29.4. The predicted molar refractivity (Wildman–Crippen MR) is 81.8 cm³/mol. The number of anilines is 1. The summed E-state index contributed by atoms with van der Waals surface area (Å²) >= 11 is 5.99. The molecule has 0 amide bonds. The molecule has 1 saturated carbocycles. The van der Waals surface area contributed by atoms with Crippen molar-refractivity contribution >= 4 is 23.3 Å². The molecule has 1 heterocycles. The minimum absolute atomic E-state index is 0.0498. The van der Waals surface area contributed by atoms with E-state index in [4.69, 9.17) is 21.1 Å². The van der Waals surface area contributed by atoms with Crippen LogP contribution in [0, 0.1) is 11.3 Å². The van der Waals surface area contributed by atoms with E-state index in [1.165, 1.54) is 7.11 Å². The zero-order chi connectivity index (χ0) is 15.2. The van der Waals surface area contributed by atoms with Gasteiger partial charge in [-0.05, 0) is 24.6 Å². The van der Waals surface area contributed by atoms with Gasteiger partial charge in [0.25, 0.3) is 0 Å². The standard InChI is InChI=1S/C16H20ClNO3/c1-16(2)13(10-6-7-21-14(10)16)18-12-5-4-9(17)8-11(12)15(19)20-3/h4-5,8,10,13-14,18H,6-7H2,1-3H3. The van der Waals surface area contributed by atoms with Gasteiger partial charge in [-0.3, -0.25) is 0 Å². The lowest BCUT2D eigenvalue weighted by Crippen LogP contribution is -2.63. The number of halogens is 1. The first kappa shape index (κ1) is 14.7. The van der Waals surface area contributed by atoms with Crippen LogP contribution in [0.15, 0.2) is 18.2 Å². The lowest BCUT2D eigenvalue weighted by Gasteiger charge is -2.55. The fourth-order valence-corrected chi connectivity index (χ4v) is 3.88. The molecule has 0 spiro atoms. The third-order valence-corrected chi connectivity index (χ3v) is 5.03. The van der Waals surface area contributed by atoms with Crippen molar-refractivity contribution in [3.8, 4) is 0 Å². The van der Waals surface area contributed by atoms with Gasteiger partial charge < -0.3 is 14.8 Å². The Balaban J connectivity index is 1.87. The second-order valence-electron chi connectivity index (χ2n) is 6.37. The molecule has 0 aromatic heterocycles. The van der Waals surface area contributed by atoms with Crippen LogP contribution in [-0.4, -0.2) is 31.8 Å². The quantitative estimate of drug-likeness (QED) is 0.870. The van der Waals surface area contributed by atoms with Crippen molar-refractivity contribution in [2.45, 2.75) is 32.4 Å². The van der Waals surface area contributed by atoms with Gasteiger partial charge in [-0.15, -0.1) is 0 Å². The van der Waals surface area contributed by atoms with Gasteiger partial charge in [-0.1, -0.05) is 25.4 Å². The Morgan fingerprint density at radius 2 is 2.24 bits per heavy atom. The number of hydrogen-bond acceptors (Lipinski definition) is 4. The fraction of sp³-hybridized carbons (Fsp3) is 0.562. The summed E-state index contributed by atoms with van der Waals surface area (Å²) in [5.41, 5.74) is 1.30. The van der Waals surface area contributed by atoms with Gasteiger partial charge in [-0.2, -0.15) is 0 Å². The monoisotopic (exact) mass is 309 g/mol. The molecule has 1 aromatic rings. The molecule has 0 radical (unpaired) electrons. The van der Waals surface area contributed by atoms with Gasteiger partial charge in [-0.25, -0.2) is 4.79 Å². The molecule has 21 heavy (non-hydrogen) atoms. The Hall–Kier alpha value is -1.26. The maximum absolute atomic E-state index is 11.9. The van der Waals surface area contributed by atoms with Crippen molar-refractivity contribution in [3.63, 3.8) is 0 Å². The summed E-state index contributed by atoms with van der Waals surface area (Å²) in [5, 5.41) is 4.04. The topological polar surface area (TPSA) is 47.6 Å². The van der Waals surface area contributed by atoms with Crippen LogP contribution in [0.5, 0.6) is 0 Å². The van der Waals surface area contributed by atoms with Crippen molar-refractivity contribution in [1.82, 2.24) is 0 Å². The summed E-state index contributed by atoms with van der Waals surface area (Å²) in [5.74, 6) is 0.123. The number of rotatable bonds is 3. The third-order valence-electron chi connectivity index (χ3n) is 4.80. The van der Waals surface area contributed by atoms with Crippen molar-refractivity contribution < 1.29 is 14.3 Å². The molecule has 5 heteroatoms. The smallest absolute Gasteiger partial charge is 0.340 e. The van der Waals surface area contributed by atoms with Crippen molar-refractivity contribution in [3.05, 3.63) is 28.8 Å². The highest BCUT2D eigenvalue weighted by Crippen LogP contribution is 2.53. The highest BCUT2D eigenvalue weighted by molar-refractivity contribution is 6.31. The summed E-state index contributed by atoms with van der Waals surface area (Å²) in [6, 6.07) is 5.55. The van der Waals surface area contributed by atoms with E-state index >= 15 is 0 Å². The van der Waals surface area contributed by atoms with E-state index in [2.05, 4.69) is 19.2 Å². The van der Waals surface area contributed by atoms with Crippen LogP contribution < -0.4 is 5.32 Å². The number of methoxy groups -OCH3 is 1. The molecule has 3 unspecified atom stereocenters. The molecule has 4 nitrogen and oxygen atoms in total. The first-order chi connectivity index (χ1) is 9.95. The Morgan fingerprint density at radius 1 is 1.48 bits per heavy atom. The summed E-state index contributed by atoms with van der Waals surface area (Å²) in [6.45, 7) is 5.22. The molecular formula is C16H20ClNO3. The highest BCUT2D eigenvalue weighted by Gasteiger charge is 2.59. The van der Waals surface area contributed by atoms with Crippen LogP contribution in [0.2, 0.25) is 5.02 Å². The molecule has 2 aliphatic rings. The maximum atomic E-state index is 11.9. The lowest BCUT2D eigenvalue weighted by atomic mass is 9.57. The Morgan fingerprint density at radius 3 is 2.95 bits per heavy atom. The minimum atomic E-state index is -0.378. The SMILES string of the molecule is COC(=O)c1cc(Cl)ccc1NC1C2CCOC2C1(C)C. The largest absolute Gasteiger partial charge is 0.465 e. The van der Waals surface area contributed by atoms with E-state index in [0.717, 1.165) is 18.7 Å². The number of carbonyl (C=O) groups excluding carboxylic acids is 1. The van der Waals surface area contributed by atoms with Gasteiger partial charge in [0.1, 0.15) is 0 Å². The van der Waals surface area contributed by atoms with E-state index in [0.29, 0.717) is 22.6 Å². The number of esters is 1. The summed E-state index contributed by atoms with van der Waals surface area (Å²) in [6.07, 6.45) is 1.37.